The van der Waals surface area contributed by atoms with Crippen LogP contribution in [0.4, 0.5) is 0 Å². The number of carboxylic acids is 1. The Morgan fingerprint density at radius 1 is 1.07 bits per heavy atom. The molecule has 0 aliphatic rings. The van der Waals surface area contributed by atoms with Crippen LogP contribution in [0.25, 0.3) is 22.3 Å². The molecule has 5 heteroatoms. The summed E-state index contributed by atoms with van der Waals surface area (Å²) in [6.45, 7) is 7.72. The van der Waals surface area contributed by atoms with Gasteiger partial charge in [0.1, 0.15) is 5.58 Å². The molecular formula is C22H22O5. The minimum Gasteiger partial charge on any atom is -0.479 e. The van der Waals surface area contributed by atoms with Gasteiger partial charge >= 0.3 is 5.97 Å². The molecule has 0 saturated heterocycles. The lowest BCUT2D eigenvalue weighted by molar-refractivity contribution is -0.144. The van der Waals surface area contributed by atoms with E-state index in [0.29, 0.717) is 16.5 Å². The largest absolute Gasteiger partial charge is 0.479 e. The minimum absolute atomic E-state index is 0.0140. The number of aliphatic carboxylic acids is 1. The molecule has 0 fully saturated rings. The minimum atomic E-state index is -1.18. The molecule has 3 aromatic rings. The fourth-order valence-corrected chi connectivity index (χ4v) is 2.77. The van der Waals surface area contributed by atoms with Crippen molar-refractivity contribution in [1.82, 2.24) is 0 Å². The third kappa shape index (κ3) is 3.72. The van der Waals surface area contributed by atoms with E-state index in [1.807, 2.05) is 24.3 Å². The molecule has 27 heavy (non-hydrogen) atoms. The van der Waals surface area contributed by atoms with Crippen molar-refractivity contribution >= 4 is 16.9 Å². The second-order valence-electron chi connectivity index (χ2n) is 7.51. The van der Waals surface area contributed by atoms with Crippen LogP contribution in [0, 0.1) is 0 Å². The van der Waals surface area contributed by atoms with E-state index >= 15 is 0 Å². The van der Waals surface area contributed by atoms with Crippen molar-refractivity contribution in [1.29, 1.82) is 0 Å². The SMILES string of the molecule is CC(Oc1c(-c2ccc(C(C)(C)C)cc2)oc2ccccc2c1=O)C(=O)O. The van der Waals surface area contributed by atoms with E-state index in [0.717, 1.165) is 5.56 Å². The van der Waals surface area contributed by atoms with Crippen molar-refractivity contribution in [2.75, 3.05) is 0 Å². The summed E-state index contributed by atoms with van der Waals surface area (Å²) in [7, 11) is 0. The first kappa shape index (κ1) is 18.7. The summed E-state index contributed by atoms with van der Waals surface area (Å²) in [5, 5.41) is 9.52. The van der Waals surface area contributed by atoms with Gasteiger partial charge in [0, 0.05) is 5.56 Å². The van der Waals surface area contributed by atoms with Crippen molar-refractivity contribution in [2.24, 2.45) is 0 Å². The fourth-order valence-electron chi connectivity index (χ4n) is 2.77. The predicted octanol–water partition coefficient (Wildman–Crippen LogP) is 4.61. The Balaban J connectivity index is 2.21. The Hall–Kier alpha value is -3.08. The monoisotopic (exact) mass is 366 g/mol. The maximum atomic E-state index is 12.9. The molecule has 1 atom stereocenters. The second kappa shape index (κ2) is 6.91. The highest BCUT2D eigenvalue weighted by molar-refractivity contribution is 5.82. The lowest BCUT2D eigenvalue weighted by atomic mass is 9.86. The van der Waals surface area contributed by atoms with E-state index in [4.69, 9.17) is 9.15 Å². The Morgan fingerprint density at radius 3 is 2.30 bits per heavy atom. The van der Waals surface area contributed by atoms with E-state index in [-0.39, 0.29) is 22.4 Å². The third-order valence-electron chi connectivity index (χ3n) is 4.41. The van der Waals surface area contributed by atoms with Gasteiger partial charge in [-0.1, -0.05) is 57.2 Å². The average molecular weight is 366 g/mol. The Labute approximate surface area is 157 Å². The number of hydrogen-bond donors (Lipinski definition) is 1. The first-order valence-corrected chi connectivity index (χ1v) is 8.74. The Kier molecular flexibility index (Phi) is 4.79. The third-order valence-corrected chi connectivity index (χ3v) is 4.41. The second-order valence-corrected chi connectivity index (χ2v) is 7.51. The van der Waals surface area contributed by atoms with Crippen molar-refractivity contribution in [3.8, 4) is 17.1 Å². The van der Waals surface area contributed by atoms with Crippen LogP contribution in [0.15, 0.2) is 57.7 Å². The van der Waals surface area contributed by atoms with Crippen LogP contribution >= 0.6 is 0 Å². The van der Waals surface area contributed by atoms with E-state index < -0.39 is 12.1 Å². The molecule has 1 N–H and O–H groups in total. The summed E-state index contributed by atoms with van der Waals surface area (Å²) >= 11 is 0. The predicted molar refractivity (Wildman–Crippen MR) is 104 cm³/mol. The molecule has 2 aromatic carbocycles. The molecule has 0 saturated carbocycles. The number of hydrogen-bond acceptors (Lipinski definition) is 4. The van der Waals surface area contributed by atoms with E-state index in [9.17, 15) is 14.7 Å². The van der Waals surface area contributed by atoms with Crippen molar-refractivity contribution in [3.63, 3.8) is 0 Å². The van der Waals surface area contributed by atoms with Gasteiger partial charge in [-0.25, -0.2) is 4.79 Å². The molecule has 0 amide bonds. The highest BCUT2D eigenvalue weighted by atomic mass is 16.5. The van der Waals surface area contributed by atoms with Crippen LogP contribution in [0.5, 0.6) is 5.75 Å². The van der Waals surface area contributed by atoms with Crippen LogP contribution < -0.4 is 10.2 Å². The highest BCUT2D eigenvalue weighted by Crippen LogP contribution is 2.33. The van der Waals surface area contributed by atoms with E-state index in [2.05, 4.69) is 20.8 Å². The number of benzene rings is 2. The number of carbonyl (C=O) groups is 1. The van der Waals surface area contributed by atoms with Crippen LogP contribution in [0.1, 0.15) is 33.3 Å². The molecular weight excluding hydrogens is 344 g/mol. The van der Waals surface area contributed by atoms with Crippen molar-refractivity contribution in [2.45, 2.75) is 39.2 Å². The molecule has 0 aliphatic heterocycles. The first-order chi connectivity index (χ1) is 12.7. The molecule has 1 unspecified atom stereocenters. The molecule has 0 radical (unpaired) electrons. The molecule has 0 bridgehead atoms. The number of para-hydroxylation sites is 1. The van der Waals surface area contributed by atoms with Crippen LogP contribution in [0.2, 0.25) is 0 Å². The lowest BCUT2D eigenvalue weighted by Crippen LogP contribution is -2.26. The first-order valence-electron chi connectivity index (χ1n) is 8.74. The maximum Gasteiger partial charge on any atom is 0.344 e. The molecule has 0 spiro atoms. The molecule has 140 valence electrons. The van der Waals surface area contributed by atoms with Gasteiger partial charge in [-0.3, -0.25) is 4.79 Å². The van der Waals surface area contributed by atoms with E-state index in [1.165, 1.54) is 6.92 Å². The zero-order valence-electron chi connectivity index (χ0n) is 15.8. The average Bonchev–Trinajstić information content (AvgIpc) is 2.63. The van der Waals surface area contributed by atoms with E-state index in [1.54, 1.807) is 24.3 Å². The van der Waals surface area contributed by atoms with Gasteiger partial charge in [0.25, 0.3) is 0 Å². The Morgan fingerprint density at radius 2 is 1.70 bits per heavy atom. The number of ether oxygens (including phenoxy) is 1. The highest BCUT2D eigenvalue weighted by Gasteiger charge is 2.23. The number of rotatable bonds is 4. The number of fused-ring (bicyclic) bond motifs is 1. The van der Waals surface area contributed by atoms with Crippen LogP contribution in [0.3, 0.4) is 0 Å². The quantitative estimate of drug-likeness (QED) is 0.730. The summed E-state index contributed by atoms with van der Waals surface area (Å²) in [4.78, 5) is 24.2. The summed E-state index contributed by atoms with van der Waals surface area (Å²) in [6.07, 6.45) is -1.18. The topological polar surface area (TPSA) is 76.7 Å². The normalized spacial score (nSPS) is 12.7. The molecule has 5 nitrogen and oxygen atoms in total. The molecule has 0 aliphatic carbocycles. The molecule has 3 rings (SSSR count). The van der Waals surface area contributed by atoms with Gasteiger partial charge in [-0.2, -0.15) is 0 Å². The maximum absolute atomic E-state index is 12.9. The Bertz CT molecular complexity index is 1040. The van der Waals surface area contributed by atoms with Gasteiger partial charge in [-0.15, -0.1) is 0 Å². The van der Waals surface area contributed by atoms with Gasteiger partial charge < -0.3 is 14.3 Å². The number of carboxylic acid groups (broad SMARTS) is 1. The van der Waals surface area contributed by atoms with Gasteiger partial charge in [-0.05, 0) is 30.0 Å². The lowest BCUT2D eigenvalue weighted by Gasteiger charge is -2.19. The zero-order chi connectivity index (χ0) is 19.8. The standard InChI is InChI=1S/C22H22O5/c1-13(21(24)25)26-20-18(23)16-7-5-6-8-17(16)27-19(20)14-9-11-15(12-10-14)22(2,3)4/h5-13H,1-4H3,(H,24,25). The van der Waals surface area contributed by atoms with Gasteiger partial charge in [0.2, 0.25) is 11.2 Å². The van der Waals surface area contributed by atoms with Crippen LogP contribution in [-0.4, -0.2) is 17.2 Å². The van der Waals surface area contributed by atoms with Crippen molar-refractivity contribution in [3.05, 3.63) is 64.3 Å². The van der Waals surface area contributed by atoms with Crippen LogP contribution in [-0.2, 0) is 10.2 Å². The smallest absolute Gasteiger partial charge is 0.344 e. The van der Waals surface area contributed by atoms with Crippen molar-refractivity contribution < 1.29 is 19.1 Å². The fraction of sp³-hybridized carbons (Fsp3) is 0.273. The zero-order valence-corrected chi connectivity index (χ0v) is 15.8. The summed E-state index contributed by atoms with van der Waals surface area (Å²) in [5.74, 6) is -1.02. The molecule has 1 aromatic heterocycles. The summed E-state index contributed by atoms with van der Waals surface area (Å²) < 4.78 is 11.4. The van der Waals surface area contributed by atoms with Gasteiger partial charge in [0.05, 0.1) is 5.39 Å². The van der Waals surface area contributed by atoms with Gasteiger partial charge in [0.15, 0.2) is 11.9 Å². The summed E-state index contributed by atoms with van der Waals surface area (Å²) in [5.41, 5.74) is 1.81. The molecule has 1 heterocycles. The summed E-state index contributed by atoms with van der Waals surface area (Å²) in [6, 6.07) is 14.5.